The van der Waals surface area contributed by atoms with Crippen molar-refractivity contribution in [2.45, 2.75) is 25.7 Å². The summed E-state index contributed by atoms with van der Waals surface area (Å²) in [4.78, 5) is 17.3. The van der Waals surface area contributed by atoms with Crippen molar-refractivity contribution < 1.29 is 17.9 Å². The molecule has 248 valence electrons. The zero-order valence-electron chi connectivity index (χ0n) is 27.5. The Bertz CT molecular complexity index is 1990. The maximum Gasteiger partial charge on any atom is 0.260 e. The number of fused-ring (bicyclic) bond motifs is 1. The zero-order valence-corrected chi connectivity index (χ0v) is 28.3. The van der Waals surface area contributed by atoms with E-state index in [0.717, 1.165) is 29.5 Å². The Labute approximate surface area is 282 Å². The Balaban J connectivity index is 1.13. The summed E-state index contributed by atoms with van der Waals surface area (Å²) in [6, 6.07) is 30.8. The van der Waals surface area contributed by atoms with Crippen LogP contribution < -0.4 is 15.0 Å². The van der Waals surface area contributed by atoms with Crippen LogP contribution in [-0.4, -0.2) is 79.6 Å². The summed E-state index contributed by atoms with van der Waals surface area (Å²) in [5, 5.41) is 14.1. The normalized spacial score (nSPS) is 13.6. The molecule has 1 amide bonds. The summed E-state index contributed by atoms with van der Waals surface area (Å²) >= 11 is 0. The first-order valence-corrected chi connectivity index (χ1v) is 17.7. The summed E-state index contributed by atoms with van der Waals surface area (Å²) in [6.45, 7) is 9.15. The molecule has 2 heterocycles. The molecule has 1 fully saturated rings. The Hall–Kier alpha value is -5.00. The first-order valence-electron chi connectivity index (χ1n) is 16.2. The van der Waals surface area contributed by atoms with Crippen molar-refractivity contribution in [3.05, 3.63) is 103 Å². The third-order valence-corrected chi connectivity index (χ3v) is 10.9. The lowest BCUT2D eigenvalue weighted by molar-refractivity contribution is -0.133. The van der Waals surface area contributed by atoms with Gasteiger partial charge in [-0.1, -0.05) is 68.4 Å². The molecule has 11 heteroatoms. The van der Waals surface area contributed by atoms with Crippen molar-refractivity contribution in [3.8, 4) is 17.0 Å². The van der Waals surface area contributed by atoms with E-state index in [1.165, 1.54) is 9.99 Å². The number of rotatable bonds is 11. The third kappa shape index (κ3) is 6.97. The van der Waals surface area contributed by atoms with Gasteiger partial charge in [0, 0.05) is 67.0 Å². The Kier molecular flexibility index (Phi) is 9.88. The van der Waals surface area contributed by atoms with Gasteiger partial charge >= 0.3 is 0 Å². The van der Waals surface area contributed by atoms with Crippen molar-refractivity contribution in [1.82, 2.24) is 19.4 Å². The van der Waals surface area contributed by atoms with Gasteiger partial charge in [-0.2, -0.15) is 4.31 Å². The van der Waals surface area contributed by atoms with E-state index >= 15 is 0 Å². The minimum absolute atomic E-state index is 0.0212. The summed E-state index contributed by atoms with van der Waals surface area (Å²) in [6.07, 6.45) is 0. The molecule has 0 atom stereocenters. The average Bonchev–Trinajstić information content (AvgIpc) is 3.12. The predicted octanol–water partition coefficient (Wildman–Crippen LogP) is 6.11. The van der Waals surface area contributed by atoms with Crippen LogP contribution in [-0.2, 0) is 14.8 Å². The molecule has 0 radical (unpaired) electrons. The van der Waals surface area contributed by atoms with Crippen molar-refractivity contribution in [2.75, 3.05) is 56.1 Å². The van der Waals surface area contributed by atoms with Crippen LogP contribution in [0.25, 0.3) is 22.0 Å². The van der Waals surface area contributed by atoms with Gasteiger partial charge in [0.1, 0.15) is 11.4 Å². The topological polar surface area (TPSA) is 108 Å². The van der Waals surface area contributed by atoms with Crippen LogP contribution in [0.5, 0.6) is 5.75 Å². The van der Waals surface area contributed by atoms with Gasteiger partial charge in [0.05, 0.1) is 4.90 Å². The number of nitrogens with one attached hydrogen (secondary N) is 1. The van der Waals surface area contributed by atoms with E-state index in [1.807, 2.05) is 97.6 Å². The minimum Gasteiger partial charge on any atom is -0.484 e. The van der Waals surface area contributed by atoms with Crippen molar-refractivity contribution in [3.63, 3.8) is 0 Å². The summed E-state index contributed by atoms with van der Waals surface area (Å²) in [7, 11) is -3.65. The molecule has 4 aromatic carbocycles. The molecule has 0 saturated carbocycles. The first-order chi connectivity index (χ1) is 23.3. The molecule has 1 aliphatic rings. The van der Waals surface area contributed by atoms with E-state index in [9.17, 15) is 13.2 Å². The summed E-state index contributed by atoms with van der Waals surface area (Å²) < 4.78 is 34.1. The van der Waals surface area contributed by atoms with Crippen LogP contribution >= 0.6 is 0 Å². The molecule has 1 N–H and O–H groups in total. The number of piperazine rings is 1. The highest BCUT2D eigenvalue weighted by atomic mass is 32.2. The van der Waals surface area contributed by atoms with Crippen LogP contribution in [0.1, 0.15) is 19.4 Å². The standard InChI is InChI=1S/C37H40N6O4S/c1-4-43(5-2)48(45,46)34-25-28(16-15-27(34)3)36-32-13-9-10-14-33(32)37(40-39-36)38-29-17-19-31(20-18-29)47-26-35(44)42-23-21-41(22-24-42)30-11-7-6-8-12-30/h6-20,25H,4-5,21-24,26H2,1-3H3,(H,38,40). The summed E-state index contributed by atoms with van der Waals surface area (Å²) in [5.41, 5.74) is 3.91. The van der Waals surface area contributed by atoms with E-state index in [2.05, 4.69) is 32.5 Å². The summed E-state index contributed by atoms with van der Waals surface area (Å²) in [5.74, 6) is 1.13. The smallest absolute Gasteiger partial charge is 0.260 e. The number of aromatic nitrogens is 2. The number of carbonyl (C=O) groups is 1. The molecule has 1 saturated heterocycles. The molecule has 0 bridgehead atoms. The number of sulfonamides is 1. The largest absolute Gasteiger partial charge is 0.484 e. The van der Waals surface area contributed by atoms with E-state index < -0.39 is 10.0 Å². The maximum absolute atomic E-state index is 13.4. The van der Waals surface area contributed by atoms with Gasteiger partial charge in [0.25, 0.3) is 5.91 Å². The molecule has 0 unspecified atom stereocenters. The van der Waals surface area contributed by atoms with Crippen LogP contribution in [0.3, 0.4) is 0 Å². The Morgan fingerprint density at radius 2 is 1.50 bits per heavy atom. The number of aryl methyl sites for hydroxylation is 1. The number of para-hydroxylation sites is 1. The number of ether oxygens (including phenoxy) is 1. The lowest BCUT2D eigenvalue weighted by atomic mass is 10.0. The van der Waals surface area contributed by atoms with Crippen molar-refractivity contribution >= 4 is 43.9 Å². The van der Waals surface area contributed by atoms with Crippen LogP contribution in [0, 0.1) is 6.92 Å². The van der Waals surface area contributed by atoms with E-state index in [1.54, 1.807) is 13.0 Å². The van der Waals surface area contributed by atoms with Crippen LogP contribution in [0.4, 0.5) is 17.2 Å². The highest BCUT2D eigenvalue weighted by molar-refractivity contribution is 7.89. The number of amides is 1. The molecular weight excluding hydrogens is 625 g/mol. The average molecular weight is 665 g/mol. The predicted molar refractivity (Wildman–Crippen MR) is 190 cm³/mol. The van der Waals surface area contributed by atoms with Gasteiger partial charge < -0.3 is 19.9 Å². The van der Waals surface area contributed by atoms with Crippen LogP contribution in [0.2, 0.25) is 0 Å². The van der Waals surface area contributed by atoms with Gasteiger partial charge in [-0.25, -0.2) is 8.42 Å². The van der Waals surface area contributed by atoms with Crippen LogP contribution in [0.15, 0.2) is 102 Å². The lowest BCUT2D eigenvalue weighted by Gasteiger charge is -2.36. The van der Waals surface area contributed by atoms with Crippen molar-refractivity contribution in [1.29, 1.82) is 0 Å². The molecule has 0 aliphatic carbocycles. The van der Waals surface area contributed by atoms with Gasteiger partial charge in [0.2, 0.25) is 10.0 Å². The second kappa shape index (κ2) is 14.4. The molecule has 10 nitrogen and oxygen atoms in total. The zero-order chi connectivity index (χ0) is 33.7. The molecule has 6 rings (SSSR count). The minimum atomic E-state index is -3.65. The quantitative estimate of drug-likeness (QED) is 0.180. The number of nitrogens with zero attached hydrogens (tertiary/aromatic N) is 5. The number of hydrogen-bond donors (Lipinski definition) is 1. The van der Waals surface area contributed by atoms with E-state index in [0.29, 0.717) is 54.6 Å². The fraction of sp³-hybridized carbons (Fsp3) is 0.270. The molecular formula is C37H40N6O4S. The highest BCUT2D eigenvalue weighted by Gasteiger charge is 2.25. The second-order valence-electron chi connectivity index (χ2n) is 11.7. The van der Waals surface area contributed by atoms with E-state index in [4.69, 9.17) is 4.74 Å². The highest BCUT2D eigenvalue weighted by Crippen LogP contribution is 2.33. The van der Waals surface area contributed by atoms with Gasteiger partial charge in [-0.05, 0) is 55.0 Å². The molecule has 1 aromatic heterocycles. The molecule has 48 heavy (non-hydrogen) atoms. The number of carbonyl (C=O) groups excluding carboxylic acids is 1. The Morgan fingerprint density at radius 3 is 2.19 bits per heavy atom. The fourth-order valence-corrected chi connectivity index (χ4v) is 7.71. The Morgan fingerprint density at radius 1 is 0.833 bits per heavy atom. The van der Waals surface area contributed by atoms with Gasteiger partial charge in [-0.3, -0.25) is 4.79 Å². The third-order valence-electron chi connectivity index (χ3n) is 8.71. The molecule has 1 aliphatic heterocycles. The lowest BCUT2D eigenvalue weighted by Crippen LogP contribution is -2.50. The SMILES string of the molecule is CCN(CC)S(=O)(=O)c1cc(-c2nnc(Nc3ccc(OCC(=O)N4CCN(c5ccccc5)CC4)cc3)c3ccccc23)ccc1C. The number of anilines is 3. The van der Waals surface area contributed by atoms with Gasteiger partial charge in [-0.15, -0.1) is 10.2 Å². The van der Waals surface area contributed by atoms with Gasteiger partial charge in [0.15, 0.2) is 12.4 Å². The number of hydrogen-bond acceptors (Lipinski definition) is 8. The maximum atomic E-state index is 13.4. The second-order valence-corrected chi connectivity index (χ2v) is 13.6. The molecule has 0 spiro atoms. The fourth-order valence-electron chi connectivity index (χ4n) is 6.00. The first kappa shape index (κ1) is 32.9. The monoisotopic (exact) mass is 664 g/mol. The number of benzene rings is 4. The van der Waals surface area contributed by atoms with E-state index in [-0.39, 0.29) is 17.4 Å². The van der Waals surface area contributed by atoms with Crippen molar-refractivity contribution in [2.24, 2.45) is 0 Å². The molecule has 5 aromatic rings.